The number of carbonyl (C=O) groups is 1. The number of rotatable bonds is 3. The molecule has 0 radical (unpaired) electrons. The topological polar surface area (TPSA) is 67.9 Å². The van der Waals surface area contributed by atoms with Crippen LogP contribution in [0.4, 0.5) is 0 Å². The molecule has 0 bridgehead atoms. The maximum absolute atomic E-state index is 11.4. The fourth-order valence-electron chi connectivity index (χ4n) is 1.32. The van der Waals surface area contributed by atoms with Gasteiger partial charge in [-0.25, -0.2) is 9.78 Å². The summed E-state index contributed by atoms with van der Waals surface area (Å²) in [6, 6.07) is 6.97. The predicted molar refractivity (Wildman–Crippen MR) is 57.8 cm³/mol. The molecular formula is C11H11N3O2. The van der Waals surface area contributed by atoms with E-state index in [4.69, 9.17) is 4.74 Å². The Kier molecular flexibility index (Phi) is 2.95. The zero-order chi connectivity index (χ0) is 11.4. The number of hydrogen-bond donors (Lipinski definition) is 1. The second-order valence-electron chi connectivity index (χ2n) is 3.12. The number of nitrogens with zero attached hydrogens (tertiary/aromatic N) is 2. The van der Waals surface area contributed by atoms with Crippen LogP contribution >= 0.6 is 0 Å². The van der Waals surface area contributed by atoms with Crippen molar-refractivity contribution in [1.29, 1.82) is 0 Å². The van der Waals surface area contributed by atoms with Gasteiger partial charge in [0, 0.05) is 5.56 Å². The van der Waals surface area contributed by atoms with Crippen molar-refractivity contribution in [2.24, 2.45) is 0 Å². The lowest BCUT2D eigenvalue weighted by atomic mass is 10.1. The molecule has 1 heterocycles. The Morgan fingerprint density at radius 2 is 2.12 bits per heavy atom. The highest BCUT2D eigenvalue weighted by atomic mass is 16.5. The van der Waals surface area contributed by atoms with E-state index in [1.165, 1.54) is 6.33 Å². The molecule has 5 heteroatoms. The highest BCUT2D eigenvalue weighted by Gasteiger charge is 2.07. The van der Waals surface area contributed by atoms with Crippen molar-refractivity contribution in [3.63, 3.8) is 0 Å². The molecule has 0 saturated carbocycles. The number of carbonyl (C=O) groups excluding carboxylic acids is 1. The molecule has 0 fully saturated rings. The number of H-pyrrole nitrogens is 1. The van der Waals surface area contributed by atoms with E-state index in [2.05, 4.69) is 15.2 Å². The van der Waals surface area contributed by atoms with Crippen LogP contribution in [0.15, 0.2) is 30.6 Å². The minimum absolute atomic E-state index is 0.316. The van der Waals surface area contributed by atoms with E-state index in [-0.39, 0.29) is 5.97 Å². The van der Waals surface area contributed by atoms with Crippen LogP contribution in [-0.4, -0.2) is 27.8 Å². The van der Waals surface area contributed by atoms with Crippen molar-refractivity contribution in [3.05, 3.63) is 36.2 Å². The van der Waals surface area contributed by atoms with Crippen molar-refractivity contribution >= 4 is 5.97 Å². The van der Waals surface area contributed by atoms with Crippen molar-refractivity contribution in [3.8, 4) is 11.4 Å². The molecule has 2 aromatic rings. The third-order valence-electron chi connectivity index (χ3n) is 2.07. The third-order valence-corrected chi connectivity index (χ3v) is 2.07. The summed E-state index contributed by atoms with van der Waals surface area (Å²) in [5.74, 6) is 0.291. The average molecular weight is 217 g/mol. The van der Waals surface area contributed by atoms with Gasteiger partial charge in [0.05, 0.1) is 12.2 Å². The normalized spacial score (nSPS) is 10.1. The predicted octanol–water partition coefficient (Wildman–Crippen LogP) is 1.65. The number of nitrogens with one attached hydrogen (secondary N) is 1. The Bertz CT molecular complexity index is 462. The van der Waals surface area contributed by atoms with Gasteiger partial charge in [0.2, 0.25) is 0 Å². The number of benzene rings is 1. The monoisotopic (exact) mass is 217 g/mol. The van der Waals surface area contributed by atoms with E-state index in [0.717, 1.165) is 5.56 Å². The zero-order valence-electron chi connectivity index (χ0n) is 8.80. The summed E-state index contributed by atoms with van der Waals surface area (Å²) in [6.45, 7) is 2.15. The van der Waals surface area contributed by atoms with Crippen LogP contribution in [0.25, 0.3) is 11.4 Å². The van der Waals surface area contributed by atoms with E-state index in [9.17, 15) is 4.79 Å². The van der Waals surface area contributed by atoms with Crippen LogP contribution < -0.4 is 0 Å². The van der Waals surface area contributed by atoms with E-state index in [0.29, 0.717) is 18.0 Å². The summed E-state index contributed by atoms with van der Waals surface area (Å²) in [7, 11) is 0. The molecular weight excluding hydrogens is 206 g/mol. The van der Waals surface area contributed by atoms with Gasteiger partial charge in [0.1, 0.15) is 6.33 Å². The molecule has 0 unspecified atom stereocenters. The van der Waals surface area contributed by atoms with E-state index in [1.54, 1.807) is 31.2 Å². The molecule has 0 saturated heterocycles. The number of hydrogen-bond acceptors (Lipinski definition) is 4. The van der Waals surface area contributed by atoms with E-state index >= 15 is 0 Å². The van der Waals surface area contributed by atoms with Gasteiger partial charge >= 0.3 is 5.97 Å². The summed E-state index contributed by atoms with van der Waals surface area (Å²) in [5.41, 5.74) is 1.38. The van der Waals surface area contributed by atoms with Gasteiger partial charge in [-0.15, -0.1) is 0 Å². The number of ether oxygens (including phenoxy) is 1. The first-order chi connectivity index (χ1) is 7.81. The standard InChI is InChI=1S/C11H11N3O2/c1-2-16-11(15)9-5-3-8(4-6-9)10-12-7-13-14-10/h3-7H,2H2,1H3,(H,12,13,14). The van der Waals surface area contributed by atoms with Crippen LogP contribution in [-0.2, 0) is 4.74 Å². The second-order valence-corrected chi connectivity index (χ2v) is 3.12. The van der Waals surface area contributed by atoms with Crippen LogP contribution in [0, 0.1) is 0 Å². The molecule has 0 amide bonds. The van der Waals surface area contributed by atoms with Crippen molar-refractivity contribution in [2.75, 3.05) is 6.61 Å². The molecule has 2 rings (SSSR count). The molecule has 5 nitrogen and oxygen atoms in total. The van der Waals surface area contributed by atoms with Crippen LogP contribution in [0.3, 0.4) is 0 Å². The van der Waals surface area contributed by atoms with Gasteiger partial charge < -0.3 is 4.74 Å². The Morgan fingerprint density at radius 1 is 1.38 bits per heavy atom. The summed E-state index contributed by atoms with van der Waals surface area (Å²) in [6.07, 6.45) is 1.51. The van der Waals surface area contributed by atoms with Gasteiger partial charge in [-0.05, 0) is 19.1 Å². The maximum Gasteiger partial charge on any atom is 0.338 e. The average Bonchev–Trinajstić information content (AvgIpc) is 2.83. The van der Waals surface area contributed by atoms with E-state index in [1.807, 2.05) is 0 Å². The fourth-order valence-corrected chi connectivity index (χ4v) is 1.32. The van der Waals surface area contributed by atoms with Crippen LogP contribution in [0.5, 0.6) is 0 Å². The lowest BCUT2D eigenvalue weighted by molar-refractivity contribution is 0.0526. The summed E-state index contributed by atoms with van der Waals surface area (Å²) in [5, 5.41) is 6.58. The molecule has 1 aromatic heterocycles. The van der Waals surface area contributed by atoms with Gasteiger partial charge in [0.15, 0.2) is 5.82 Å². The van der Waals surface area contributed by atoms with Crippen molar-refractivity contribution in [1.82, 2.24) is 15.2 Å². The van der Waals surface area contributed by atoms with Gasteiger partial charge in [0.25, 0.3) is 0 Å². The molecule has 1 N–H and O–H groups in total. The minimum atomic E-state index is -0.316. The molecule has 0 aliphatic rings. The van der Waals surface area contributed by atoms with Crippen LogP contribution in [0.1, 0.15) is 17.3 Å². The second kappa shape index (κ2) is 4.57. The Hall–Kier alpha value is -2.17. The molecule has 0 atom stereocenters. The van der Waals surface area contributed by atoms with Gasteiger partial charge in [-0.3, -0.25) is 5.10 Å². The Balaban J connectivity index is 2.20. The van der Waals surface area contributed by atoms with Gasteiger partial charge in [-0.2, -0.15) is 5.10 Å². The molecule has 82 valence electrons. The van der Waals surface area contributed by atoms with Crippen molar-refractivity contribution in [2.45, 2.75) is 6.92 Å². The quantitative estimate of drug-likeness (QED) is 0.794. The smallest absolute Gasteiger partial charge is 0.338 e. The first kappa shape index (κ1) is 10.4. The maximum atomic E-state index is 11.4. The fraction of sp³-hybridized carbons (Fsp3) is 0.182. The highest BCUT2D eigenvalue weighted by molar-refractivity contribution is 5.89. The summed E-state index contributed by atoms with van der Waals surface area (Å²) in [4.78, 5) is 15.4. The first-order valence-electron chi connectivity index (χ1n) is 4.94. The van der Waals surface area contributed by atoms with Crippen LogP contribution in [0.2, 0.25) is 0 Å². The molecule has 0 spiro atoms. The highest BCUT2D eigenvalue weighted by Crippen LogP contribution is 2.14. The molecule has 0 aliphatic carbocycles. The Labute approximate surface area is 92.5 Å². The number of aromatic amines is 1. The Morgan fingerprint density at radius 3 is 2.69 bits per heavy atom. The number of esters is 1. The van der Waals surface area contributed by atoms with Crippen molar-refractivity contribution < 1.29 is 9.53 Å². The minimum Gasteiger partial charge on any atom is -0.462 e. The third kappa shape index (κ3) is 2.08. The molecule has 0 aliphatic heterocycles. The number of aromatic nitrogens is 3. The van der Waals surface area contributed by atoms with Gasteiger partial charge in [-0.1, -0.05) is 12.1 Å². The molecule has 16 heavy (non-hydrogen) atoms. The summed E-state index contributed by atoms with van der Waals surface area (Å²) >= 11 is 0. The first-order valence-corrected chi connectivity index (χ1v) is 4.94. The SMILES string of the molecule is CCOC(=O)c1ccc(-c2nc[nH]n2)cc1. The van der Waals surface area contributed by atoms with E-state index < -0.39 is 0 Å². The molecule has 1 aromatic carbocycles. The zero-order valence-corrected chi connectivity index (χ0v) is 8.80. The lowest BCUT2D eigenvalue weighted by Crippen LogP contribution is -2.04. The lowest BCUT2D eigenvalue weighted by Gasteiger charge is -2.01. The summed E-state index contributed by atoms with van der Waals surface area (Å²) < 4.78 is 4.88. The largest absolute Gasteiger partial charge is 0.462 e.